The molecule has 2 N–H and O–H groups in total. The van der Waals surface area contributed by atoms with Crippen molar-refractivity contribution in [3.63, 3.8) is 0 Å². The molecule has 1 aliphatic heterocycles. The summed E-state index contributed by atoms with van der Waals surface area (Å²) in [6, 6.07) is 11.7. The zero-order chi connectivity index (χ0) is 13.9. The van der Waals surface area contributed by atoms with Crippen LogP contribution in [0, 0.1) is 0 Å². The predicted molar refractivity (Wildman–Crippen MR) is 85.3 cm³/mol. The number of anilines is 1. The van der Waals surface area contributed by atoms with Gasteiger partial charge in [0, 0.05) is 36.7 Å². The molecular formula is C15H16BrN3O. The molecule has 3 rings (SSSR count). The third-order valence-corrected chi connectivity index (χ3v) is 3.94. The Morgan fingerprint density at radius 3 is 2.60 bits per heavy atom. The molecule has 0 spiro atoms. The average Bonchev–Trinajstić information content (AvgIpc) is 2.47. The van der Waals surface area contributed by atoms with Gasteiger partial charge in [-0.05, 0) is 29.3 Å². The molecule has 0 bridgehead atoms. The Hall–Kier alpha value is -1.59. The molecule has 1 aromatic carbocycles. The minimum absolute atomic E-state index is 0.0593. The molecule has 0 aliphatic carbocycles. The summed E-state index contributed by atoms with van der Waals surface area (Å²) in [6.07, 6.45) is 0. The van der Waals surface area contributed by atoms with E-state index >= 15 is 0 Å². The predicted octanol–water partition coefficient (Wildman–Crippen LogP) is 2.21. The molecule has 1 aliphatic rings. The van der Waals surface area contributed by atoms with Crippen molar-refractivity contribution < 1.29 is 0 Å². The van der Waals surface area contributed by atoms with Crippen LogP contribution >= 0.6 is 15.9 Å². The number of hydrogen-bond donors (Lipinski definition) is 2. The quantitative estimate of drug-likeness (QED) is 0.885. The van der Waals surface area contributed by atoms with Gasteiger partial charge in [-0.25, -0.2) is 0 Å². The van der Waals surface area contributed by atoms with Crippen molar-refractivity contribution in [1.29, 1.82) is 0 Å². The molecule has 0 unspecified atom stereocenters. The van der Waals surface area contributed by atoms with E-state index in [1.54, 1.807) is 6.07 Å². The van der Waals surface area contributed by atoms with Crippen molar-refractivity contribution in [3.8, 4) is 11.1 Å². The molecule has 0 amide bonds. The third-order valence-electron chi connectivity index (χ3n) is 3.45. The van der Waals surface area contributed by atoms with Crippen LogP contribution in [0.5, 0.6) is 0 Å². The van der Waals surface area contributed by atoms with Crippen LogP contribution in [0.3, 0.4) is 0 Å². The lowest BCUT2D eigenvalue weighted by Gasteiger charge is -2.29. The Morgan fingerprint density at radius 2 is 1.85 bits per heavy atom. The lowest BCUT2D eigenvalue weighted by atomic mass is 10.1. The Balaban J connectivity index is 2.00. The number of piperazine rings is 1. The van der Waals surface area contributed by atoms with Crippen LogP contribution < -0.4 is 15.8 Å². The number of nitrogens with zero attached hydrogens (tertiary/aromatic N) is 1. The van der Waals surface area contributed by atoms with Gasteiger partial charge in [-0.2, -0.15) is 0 Å². The van der Waals surface area contributed by atoms with Gasteiger partial charge in [0.05, 0.1) is 0 Å². The number of hydrogen-bond acceptors (Lipinski definition) is 3. The molecule has 1 fully saturated rings. The molecular weight excluding hydrogens is 318 g/mol. The van der Waals surface area contributed by atoms with E-state index in [1.807, 2.05) is 24.3 Å². The van der Waals surface area contributed by atoms with Gasteiger partial charge in [0.15, 0.2) is 0 Å². The summed E-state index contributed by atoms with van der Waals surface area (Å²) in [7, 11) is 0. The first kappa shape index (κ1) is 13.4. The van der Waals surface area contributed by atoms with Crippen molar-refractivity contribution in [2.75, 3.05) is 31.1 Å². The van der Waals surface area contributed by atoms with E-state index in [0.29, 0.717) is 0 Å². The first-order valence-electron chi connectivity index (χ1n) is 6.68. The summed E-state index contributed by atoms with van der Waals surface area (Å²) in [5.41, 5.74) is 1.93. The molecule has 2 aromatic rings. The largest absolute Gasteiger partial charge is 0.356 e. The van der Waals surface area contributed by atoms with E-state index in [9.17, 15) is 4.79 Å². The van der Waals surface area contributed by atoms with Gasteiger partial charge >= 0.3 is 0 Å². The van der Waals surface area contributed by atoms with E-state index in [2.05, 4.69) is 37.2 Å². The van der Waals surface area contributed by atoms with Crippen molar-refractivity contribution in [2.24, 2.45) is 0 Å². The highest BCUT2D eigenvalue weighted by molar-refractivity contribution is 9.10. The van der Waals surface area contributed by atoms with E-state index in [4.69, 9.17) is 0 Å². The Bertz CT molecular complexity index is 662. The number of pyridine rings is 1. The van der Waals surface area contributed by atoms with Gasteiger partial charge in [0.2, 0.25) is 5.56 Å². The maximum absolute atomic E-state index is 11.9. The summed E-state index contributed by atoms with van der Waals surface area (Å²) in [5, 5.41) is 3.31. The molecule has 0 radical (unpaired) electrons. The first-order valence-corrected chi connectivity index (χ1v) is 7.48. The monoisotopic (exact) mass is 333 g/mol. The van der Waals surface area contributed by atoms with E-state index in [0.717, 1.165) is 47.6 Å². The Kier molecular flexibility index (Phi) is 3.89. The minimum atomic E-state index is -0.0593. The smallest absolute Gasteiger partial charge is 0.250 e. The maximum atomic E-state index is 11.9. The van der Waals surface area contributed by atoms with Crippen molar-refractivity contribution in [1.82, 2.24) is 10.3 Å². The topological polar surface area (TPSA) is 48.1 Å². The second-order valence-electron chi connectivity index (χ2n) is 4.87. The second-order valence-corrected chi connectivity index (χ2v) is 5.78. The fourth-order valence-electron chi connectivity index (χ4n) is 2.44. The summed E-state index contributed by atoms with van der Waals surface area (Å²) in [4.78, 5) is 17.0. The molecule has 1 aromatic heterocycles. The van der Waals surface area contributed by atoms with Crippen LogP contribution in [0.4, 0.5) is 5.82 Å². The van der Waals surface area contributed by atoms with Crippen molar-refractivity contribution in [2.45, 2.75) is 0 Å². The van der Waals surface area contributed by atoms with Crippen LogP contribution in [-0.2, 0) is 0 Å². The van der Waals surface area contributed by atoms with Crippen LogP contribution in [0.15, 0.2) is 45.7 Å². The zero-order valence-electron chi connectivity index (χ0n) is 11.0. The van der Waals surface area contributed by atoms with Crippen LogP contribution in [0.2, 0.25) is 0 Å². The highest BCUT2D eigenvalue weighted by Gasteiger charge is 2.12. The summed E-state index contributed by atoms with van der Waals surface area (Å²) < 4.78 is 1.01. The van der Waals surface area contributed by atoms with Gasteiger partial charge in [-0.15, -0.1) is 0 Å². The normalized spacial score (nSPS) is 15.3. The molecule has 4 nitrogen and oxygen atoms in total. The number of rotatable bonds is 2. The fourth-order valence-corrected chi connectivity index (χ4v) is 2.84. The van der Waals surface area contributed by atoms with Crippen molar-refractivity contribution in [3.05, 3.63) is 51.2 Å². The molecule has 20 heavy (non-hydrogen) atoms. The highest BCUT2D eigenvalue weighted by Crippen LogP contribution is 2.24. The first-order chi connectivity index (χ1) is 9.72. The fraction of sp³-hybridized carbons (Fsp3) is 0.267. The minimum Gasteiger partial charge on any atom is -0.356 e. The number of aromatic amines is 1. The van der Waals surface area contributed by atoms with Gasteiger partial charge < -0.3 is 15.2 Å². The molecule has 0 atom stereocenters. The Labute approximate surface area is 126 Å². The van der Waals surface area contributed by atoms with E-state index in [1.165, 1.54) is 0 Å². The molecule has 0 saturated carbocycles. The Morgan fingerprint density at radius 1 is 1.05 bits per heavy atom. The molecule has 1 saturated heterocycles. The van der Waals surface area contributed by atoms with Crippen molar-refractivity contribution >= 4 is 21.7 Å². The maximum Gasteiger partial charge on any atom is 0.250 e. The lowest BCUT2D eigenvalue weighted by Crippen LogP contribution is -2.44. The zero-order valence-corrected chi connectivity index (χ0v) is 12.6. The number of H-pyrrole nitrogens is 1. The standard InChI is InChI=1S/C15H16BrN3O/c16-13-3-1-2-11(8-13)12-9-14(18-15(20)10-12)19-6-4-17-5-7-19/h1-3,8-10,17H,4-7H2,(H,18,20). The summed E-state index contributed by atoms with van der Waals surface area (Å²) in [5.74, 6) is 0.897. The third kappa shape index (κ3) is 2.94. The number of benzene rings is 1. The lowest BCUT2D eigenvalue weighted by molar-refractivity contribution is 0.584. The van der Waals surface area contributed by atoms with Gasteiger partial charge in [-0.1, -0.05) is 28.1 Å². The SMILES string of the molecule is O=c1cc(-c2cccc(Br)c2)cc(N2CCNCC2)[nH]1. The van der Waals surface area contributed by atoms with Crippen LogP contribution in [-0.4, -0.2) is 31.2 Å². The molecule has 104 valence electrons. The number of aromatic nitrogens is 1. The van der Waals surface area contributed by atoms with Crippen LogP contribution in [0.25, 0.3) is 11.1 Å². The summed E-state index contributed by atoms with van der Waals surface area (Å²) in [6.45, 7) is 3.72. The average molecular weight is 334 g/mol. The van der Waals surface area contributed by atoms with Crippen LogP contribution in [0.1, 0.15) is 0 Å². The van der Waals surface area contributed by atoms with E-state index in [-0.39, 0.29) is 5.56 Å². The number of halogens is 1. The van der Waals surface area contributed by atoms with Gasteiger partial charge in [0.1, 0.15) is 5.82 Å². The van der Waals surface area contributed by atoms with Gasteiger partial charge in [-0.3, -0.25) is 4.79 Å². The number of nitrogens with one attached hydrogen (secondary N) is 2. The summed E-state index contributed by atoms with van der Waals surface area (Å²) >= 11 is 3.47. The van der Waals surface area contributed by atoms with E-state index < -0.39 is 0 Å². The molecule has 2 heterocycles. The second kappa shape index (κ2) is 5.81. The molecule has 5 heteroatoms. The van der Waals surface area contributed by atoms with Gasteiger partial charge in [0.25, 0.3) is 0 Å². The highest BCUT2D eigenvalue weighted by atomic mass is 79.9.